The third-order valence-corrected chi connectivity index (χ3v) is 3.18. The third kappa shape index (κ3) is 5.52. The molecule has 0 radical (unpaired) electrons. The maximum Gasteiger partial charge on any atom is 0.241 e. The van der Waals surface area contributed by atoms with Gasteiger partial charge in [-0.15, -0.1) is 0 Å². The summed E-state index contributed by atoms with van der Waals surface area (Å²) in [5.41, 5.74) is 1.18. The van der Waals surface area contributed by atoms with Crippen molar-refractivity contribution in [3.05, 3.63) is 29.8 Å². The highest BCUT2D eigenvalue weighted by molar-refractivity contribution is 5.94. The number of benzene rings is 1. The van der Waals surface area contributed by atoms with Gasteiger partial charge in [-0.25, -0.2) is 0 Å². The highest BCUT2D eigenvalue weighted by atomic mass is 16.5. The minimum atomic E-state index is -0.386. The lowest BCUT2D eigenvalue weighted by Gasteiger charge is -2.27. The summed E-state index contributed by atoms with van der Waals surface area (Å²) in [5, 5.41) is 20.6. The molecular weight excluding hydrogens is 270 g/mol. The first-order valence-corrected chi connectivity index (χ1v) is 6.77. The summed E-state index contributed by atoms with van der Waals surface area (Å²) in [6.45, 7) is 3.24. The van der Waals surface area contributed by atoms with Crippen LogP contribution in [0.5, 0.6) is 0 Å². The van der Waals surface area contributed by atoms with Gasteiger partial charge in [-0.2, -0.15) is 5.26 Å². The Bertz CT molecular complexity index is 482. The molecule has 0 aliphatic heterocycles. The van der Waals surface area contributed by atoms with E-state index in [0.717, 1.165) is 0 Å². The van der Waals surface area contributed by atoms with E-state index in [2.05, 4.69) is 5.32 Å². The van der Waals surface area contributed by atoms with E-state index in [1.165, 1.54) is 0 Å². The molecule has 1 aromatic carbocycles. The average Bonchev–Trinajstić information content (AvgIpc) is 2.51. The first kappa shape index (κ1) is 17.1. The van der Waals surface area contributed by atoms with Gasteiger partial charge in [-0.1, -0.05) is 0 Å². The van der Waals surface area contributed by atoms with Crippen molar-refractivity contribution in [2.45, 2.75) is 13.0 Å². The van der Waals surface area contributed by atoms with E-state index in [0.29, 0.717) is 30.9 Å². The van der Waals surface area contributed by atoms with Crippen molar-refractivity contribution in [3.8, 4) is 6.07 Å². The quantitative estimate of drug-likeness (QED) is 0.741. The molecule has 0 bridgehead atoms. The molecule has 0 aliphatic rings. The molecule has 6 nitrogen and oxygen atoms in total. The zero-order valence-electron chi connectivity index (χ0n) is 12.4. The van der Waals surface area contributed by atoms with Gasteiger partial charge in [0.05, 0.1) is 30.9 Å². The summed E-state index contributed by atoms with van der Waals surface area (Å²) in [4.78, 5) is 14.1. The highest BCUT2D eigenvalue weighted by Crippen LogP contribution is 2.10. The molecule has 0 spiro atoms. The van der Waals surface area contributed by atoms with Crippen molar-refractivity contribution < 1.29 is 14.6 Å². The number of nitriles is 1. The summed E-state index contributed by atoms with van der Waals surface area (Å²) in [6, 6.07) is 8.32. The Morgan fingerprint density at radius 2 is 2.10 bits per heavy atom. The third-order valence-electron chi connectivity index (χ3n) is 3.18. The minimum absolute atomic E-state index is 0.0157. The molecule has 114 valence electrons. The van der Waals surface area contributed by atoms with Crippen molar-refractivity contribution in [1.29, 1.82) is 5.26 Å². The zero-order chi connectivity index (χ0) is 15.7. The van der Waals surface area contributed by atoms with Crippen molar-refractivity contribution in [3.63, 3.8) is 0 Å². The fraction of sp³-hybridized carbons (Fsp3) is 0.467. The lowest BCUT2D eigenvalue weighted by molar-refractivity contribution is -0.121. The van der Waals surface area contributed by atoms with Crippen LogP contribution in [-0.2, 0) is 9.53 Å². The molecule has 2 N–H and O–H groups in total. The van der Waals surface area contributed by atoms with Crippen molar-refractivity contribution in [2.24, 2.45) is 0 Å². The molecule has 1 atom stereocenters. The van der Waals surface area contributed by atoms with E-state index in [1.807, 2.05) is 11.0 Å². The molecule has 0 heterocycles. The molecule has 0 aromatic heterocycles. The van der Waals surface area contributed by atoms with Crippen LogP contribution < -0.4 is 5.32 Å². The van der Waals surface area contributed by atoms with Gasteiger partial charge < -0.3 is 15.2 Å². The molecule has 1 aromatic rings. The first-order valence-electron chi connectivity index (χ1n) is 6.77. The number of hydrogen-bond acceptors (Lipinski definition) is 5. The molecule has 0 fully saturated rings. The Hall–Kier alpha value is -1.94. The molecule has 1 unspecified atom stereocenters. The Labute approximate surface area is 124 Å². The number of methoxy groups -OCH3 is 1. The van der Waals surface area contributed by atoms with Crippen LogP contribution >= 0.6 is 0 Å². The summed E-state index contributed by atoms with van der Waals surface area (Å²) in [5.74, 6) is -0.163. The number of nitrogens with one attached hydrogen (secondary N) is 1. The summed E-state index contributed by atoms with van der Waals surface area (Å²) >= 11 is 0. The van der Waals surface area contributed by atoms with Crippen molar-refractivity contribution in [1.82, 2.24) is 4.90 Å². The van der Waals surface area contributed by atoms with Crippen molar-refractivity contribution in [2.75, 3.05) is 38.7 Å². The van der Waals surface area contributed by atoms with Crippen LogP contribution in [0, 0.1) is 11.3 Å². The number of hydrogen-bond donors (Lipinski definition) is 2. The minimum Gasteiger partial charge on any atom is -0.395 e. The fourth-order valence-electron chi connectivity index (χ4n) is 1.88. The van der Waals surface area contributed by atoms with E-state index in [4.69, 9.17) is 15.1 Å². The number of aliphatic hydroxyl groups excluding tert-OH is 1. The van der Waals surface area contributed by atoms with E-state index < -0.39 is 0 Å². The molecule has 0 saturated heterocycles. The first-order chi connectivity index (χ1) is 10.1. The smallest absolute Gasteiger partial charge is 0.241 e. The summed E-state index contributed by atoms with van der Waals surface area (Å²) in [6.07, 6.45) is 0. The standard InChI is InChI=1S/C15H21N3O3/c1-12(18(7-9-19)8-10-21-2)15(20)17-14-5-3-13(11-16)4-6-14/h3-6,12,19H,7-10H2,1-2H3,(H,17,20). The van der Waals surface area contributed by atoms with Gasteiger partial charge in [-0.3, -0.25) is 9.69 Å². The second kappa shape index (κ2) is 9.08. The van der Waals surface area contributed by atoms with E-state index in [-0.39, 0.29) is 18.6 Å². The van der Waals surface area contributed by atoms with Gasteiger partial charge in [0.25, 0.3) is 0 Å². The Morgan fingerprint density at radius 3 is 2.62 bits per heavy atom. The number of aliphatic hydroxyl groups is 1. The normalized spacial score (nSPS) is 12.0. The zero-order valence-corrected chi connectivity index (χ0v) is 12.4. The van der Waals surface area contributed by atoms with Crippen LogP contribution in [0.2, 0.25) is 0 Å². The van der Waals surface area contributed by atoms with E-state index >= 15 is 0 Å². The SMILES string of the molecule is COCCN(CCO)C(C)C(=O)Nc1ccc(C#N)cc1. The summed E-state index contributed by atoms with van der Waals surface area (Å²) in [7, 11) is 1.60. The number of anilines is 1. The molecular formula is C15H21N3O3. The lowest BCUT2D eigenvalue weighted by atomic mass is 10.2. The van der Waals surface area contributed by atoms with Gasteiger partial charge in [0, 0.05) is 25.9 Å². The van der Waals surface area contributed by atoms with Gasteiger partial charge in [0.15, 0.2) is 0 Å². The van der Waals surface area contributed by atoms with Gasteiger partial charge >= 0.3 is 0 Å². The van der Waals surface area contributed by atoms with E-state index in [9.17, 15) is 4.79 Å². The number of carbonyl (C=O) groups excluding carboxylic acids is 1. The number of ether oxygens (including phenoxy) is 1. The molecule has 1 rings (SSSR count). The topological polar surface area (TPSA) is 85.6 Å². The van der Waals surface area contributed by atoms with Crippen LogP contribution in [0.25, 0.3) is 0 Å². The Balaban J connectivity index is 2.64. The second-order valence-electron chi connectivity index (χ2n) is 4.61. The predicted molar refractivity (Wildman–Crippen MR) is 79.8 cm³/mol. The van der Waals surface area contributed by atoms with Crippen LogP contribution in [-0.4, -0.2) is 55.4 Å². The van der Waals surface area contributed by atoms with Gasteiger partial charge in [0.2, 0.25) is 5.91 Å². The molecule has 0 saturated carbocycles. The predicted octanol–water partition coefficient (Wildman–Crippen LogP) is 0.826. The van der Waals surface area contributed by atoms with Crippen LogP contribution in [0.3, 0.4) is 0 Å². The molecule has 6 heteroatoms. The fourth-order valence-corrected chi connectivity index (χ4v) is 1.88. The highest BCUT2D eigenvalue weighted by Gasteiger charge is 2.20. The molecule has 1 amide bonds. The second-order valence-corrected chi connectivity index (χ2v) is 4.61. The van der Waals surface area contributed by atoms with Crippen LogP contribution in [0.15, 0.2) is 24.3 Å². The lowest BCUT2D eigenvalue weighted by Crippen LogP contribution is -2.44. The number of nitrogens with zero attached hydrogens (tertiary/aromatic N) is 2. The number of amides is 1. The van der Waals surface area contributed by atoms with Gasteiger partial charge in [-0.05, 0) is 31.2 Å². The maximum absolute atomic E-state index is 12.2. The molecule has 21 heavy (non-hydrogen) atoms. The Morgan fingerprint density at radius 1 is 1.43 bits per heavy atom. The largest absolute Gasteiger partial charge is 0.395 e. The monoisotopic (exact) mass is 291 g/mol. The Kier molecular flexibility index (Phi) is 7.40. The van der Waals surface area contributed by atoms with Gasteiger partial charge in [0.1, 0.15) is 0 Å². The number of rotatable bonds is 8. The average molecular weight is 291 g/mol. The van der Waals surface area contributed by atoms with Crippen molar-refractivity contribution >= 4 is 11.6 Å². The number of carbonyl (C=O) groups is 1. The van der Waals surface area contributed by atoms with E-state index in [1.54, 1.807) is 38.3 Å². The summed E-state index contributed by atoms with van der Waals surface area (Å²) < 4.78 is 5.01. The maximum atomic E-state index is 12.2. The molecule has 0 aliphatic carbocycles. The van der Waals surface area contributed by atoms with Crippen LogP contribution in [0.1, 0.15) is 12.5 Å². The van der Waals surface area contributed by atoms with Crippen LogP contribution in [0.4, 0.5) is 5.69 Å².